The summed E-state index contributed by atoms with van der Waals surface area (Å²) in [7, 11) is 0. The maximum absolute atomic E-state index is 12.1. The van der Waals surface area contributed by atoms with Gasteiger partial charge in [0.2, 0.25) is 5.91 Å². The summed E-state index contributed by atoms with van der Waals surface area (Å²) >= 11 is 5.84. The smallest absolute Gasteiger partial charge is 0.222 e. The zero-order valence-corrected chi connectivity index (χ0v) is 14.0. The van der Waals surface area contributed by atoms with Crippen LogP contribution in [0.3, 0.4) is 0 Å². The number of carbonyl (C=O) groups excluding carboxylic acids is 1. The summed E-state index contributed by atoms with van der Waals surface area (Å²) in [4.78, 5) is 12.1. The van der Waals surface area contributed by atoms with Gasteiger partial charge in [-0.05, 0) is 53.0 Å². The minimum atomic E-state index is -0.790. The lowest BCUT2D eigenvalue weighted by Crippen LogP contribution is -2.28. The Labute approximate surface area is 146 Å². The summed E-state index contributed by atoms with van der Waals surface area (Å²) in [6.45, 7) is 0.704. The summed E-state index contributed by atoms with van der Waals surface area (Å²) in [6, 6.07) is 15.6. The maximum Gasteiger partial charge on any atom is 0.222 e. The van der Waals surface area contributed by atoms with Crippen LogP contribution in [0.25, 0.3) is 0 Å². The van der Waals surface area contributed by atoms with Crippen LogP contribution < -0.4 is 5.32 Å². The second-order valence-electron chi connectivity index (χ2n) is 6.83. The summed E-state index contributed by atoms with van der Waals surface area (Å²) in [5.74, 6) is 1.75. The van der Waals surface area contributed by atoms with Crippen molar-refractivity contribution < 1.29 is 9.90 Å². The Morgan fingerprint density at radius 3 is 2.75 bits per heavy atom. The van der Waals surface area contributed by atoms with E-state index < -0.39 is 6.10 Å². The molecule has 124 valence electrons. The number of nitrogens with one attached hydrogen (secondary N) is 1. The molecule has 1 amide bonds. The molecule has 3 nitrogen and oxygen atoms in total. The predicted molar refractivity (Wildman–Crippen MR) is 93.9 cm³/mol. The average Bonchev–Trinajstić information content (AvgIpc) is 3.12. The van der Waals surface area contributed by atoms with Crippen molar-refractivity contribution in [1.29, 1.82) is 0 Å². The fraction of sp³-hybridized carbons (Fsp3) is 0.350. The number of aliphatic hydroxyl groups is 1. The Kier molecular flexibility index (Phi) is 4.07. The van der Waals surface area contributed by atoms with Gasteiger partial charge in [0, 0.05) is 11.6 Å². The van der Waals surface area contributed by atoms with Gasteiger partial charge < -0.3 is 10.4 Å². The number of amides is 1. The first-order valence-corrected chi connectivity index (χ1v) is 8.79. The van der Waals surface area contributed by atoms with E-state index >= 15 is 0 Å². The second-order valence-corrected chi connectivity index (χ2v) is 7.27. The third kappa shape index (κ3) is 2.94. The van der Waals surface area contributed by atoms with Gasteiger partial charge in [-0.25, -0.2) is 0 Å². The highest BCUT2D eigenvalue weighted by Crippen LogP contribution is 2.60. The lowest BCUT2D eigenvalue weighted by atomic mass is 10.0. The summed E-state index contributed by atoms with van der Waals surface area (Å²) in [5, 5.41) is 13.8. The van der Waals surface area contributed by atoms with Gasteiger partial charge in [0.15, 0.2) is 0 Å². The Morgan fingerprint density at radius 2 is 1.96 bits per heavy atom. The molecule has 4 unspecified atom stereocenters. The molecule has 4 heteroatoms. The molecule has 0 aliphatic heterocycles. The van der Waals surface area contributed by atoms with E-state index in [4.69, 9.17) is 11.6 Å². The average molecular weight is 342 g/mol. The monoisotopic (exact) mass is 341 g/mol. The number of carbonyl (C=O) groups is 1. The van der Waals surface area contributed by atoms with Gasteiger partial charge >= 0.3 is 0 Å². The Morgan fingerprint density at radius 1 is 1.21 bits per heavy atom. The molecule has 1 fully saturated rings. The first-order chi connectivity index (χ1) is 11.6. The van der Waals surface area contributed by atoms with Crippen LogP contribution in [0.1, 0.15) is 35.1 Å². The van der Waals surface area contributed by atoms with E-state index in [1.807, 2.05) is 0 Å². The van der Waals surface area contributed by atoms with E-state index in [1.54, 1.807) is 24.3 Å². The summed E-state index contributed by atoms with van der Waals surface area (Å²) in [6.07, 6.45) is 0.427. The molecule has 0 spiro atoms. The minimum absolute atomic E-state index is 0.0836. The zero-order valence-electron chi connectivity index (χ0n) is 13.3. The molecular weight excluding hydrogens is 322 g/mol. The number of halogens is 1. The van der Waals surface area contributed by atoms with Crippen molar-refractivity contribution in [1.82, 2.24) is 5.32 Å². The van der Waals surface area contributed by atoms with Gasteiger partial charge in [0.25, 0.3) is 0 Å². The predicted octanol–water partition coefficient (Wildman–Crippen LogP) is 3.47. The fourth-order valence-electron chi connectivity index (χ4n) is 4.04. The van der Waals surface area contributed by atoms with Gasteiger partial charge in [-0.3, -0.25) is 4.79 Å². The number of hydrogen-bond donors (Lipinski definition) is 2. The molecule has 4 atom stereocenters. The Balaban J connectivity index is 1.27. The molecule has 2 N–H and O–H groups in total. The van der Waals surface area contributed by atoms with E-state index in [-0.39, 0.29) is 12.3 Å². The van der Waals surface area contributed by atoms with E-state index in [9.17, 15) is 9.90 Å². The molecule has 2 aliphatic rings. The first-order valence-electron chi connectivity index (χ1n) is 8.41. The number of fused-ring (bicyclic) bond motifs is 3. The van der Waals surface area contributed by atoms with Crippen molar-refractivity contribution in [3.8, 4) is 0 Å². The second kappa shape index (κ2) is 6.23. The van der Waals surface area contributed by atoms with Crippen LogP contribution in [0.2, 0.25) is 5.02 Å². The van der Waals surface area contributed by atoms with Crippen molar-refractivity contribution in [2.24, 2.45) is 11.8 Å². The molecule has 4 rings (SSSR count). The van der Waals surface area contributed by atoms with Crippen LogP contribution in [0.5, 0.6) is 0 Å². The number of benzene rings is 2. The lowest BCUT2D eigenvalue weighted by molar-refractivity contribution is -0.123. The van der Waals surface area contributed by atoms with Gasteiger partial charge in [-0.1, -0.05) is 48.0 Å². The van der Waals surface area contributed by atoms with E-state index in [1.165, 1.54) is 11.1 Å². The molecule has 2 aromatic carbocycles. The highest BCUT2D eigenvalue weighted by Gasteiger charge is 2.54. The van der Waals surface area contributed by atoms with Crippen molar-refractivity contribution in [2.75, 3.05) is 6.54 Å². The largest absolute Gasteiger partial charge is 0.388 e. The van der Waals surface area contributed by atoms with Gasteiger partial charge in [0.1, 0.15) is 0 Å². The highest BCUT2D eigenvalue weighted by molar-refractivity contribution is 6.30. The number of rotatable bonds is 5. The molecule has 0 bridgehead atoms. The highest BCUT2D eigenvalue weighted by atomic mass is 35.5. The Hall–Kier alpha value is -1.84. The zero-order chi connectivity index (χ0) is 16.7. The minimum Gasteiger partial charge on any atom is -0.388 e. The lowest BCUT2D eigenvalue weighted by Gasteiger charge is -2.12. The van der Waals surface area contributed by atoms with Gasteiger partial charge in [-0.15, -0.1) is 0 Å². The molecule has 24 heavy (non-hydrogen) atoms. The Bertz CT molecular complexity index is 758. The van der Waals surface area contributed by atoms with Gasteiger partial charge in [0.05, 0.1) is 12.5 Å². The van der Waals surface area contributed by atoms with Crippen LogP contribution in [0.4, 0.5) is 0 Å². The van der Waals surface area contributed by atoms with E-state index in [0.717, 1.165) is 6.42 Å². The molecule has 0 saturated heterocycles. The van der Waals surface area contributed by atoms with Crippen LogP contribution in [-0.2, 0) is 11.2 Å². The van der Waals surface area contributed by atoms with Crippen molar-refractivity contribution in [3.05, 3.63) is 70.2 Å². The van der Waals surface area contributed by atoms with Crippen molar-refractivity contribution in [3.63, 3.8) is 0 Å². The van der Waals surface area contributed by atoms with Crippen molar-refractivity contribution in [2.45, 2.75) is 24.9 Å². The normalized spacial score (nSPS) is 24.8. The summed E-state index contributed by atoms with van der Waals surface area (Å²) < 4.78 is 0. The van der Waals surface area contributed by atoms with Crippen LogP contribution in [0.15, 0.2) is 48.5 Å². The standard InChI is InChI=1S/C20H20ClNO2/c21-14-7-5-12(6-8-14)18(23)10-19(24)22-11-17-16-9-13-3-1-2-4-15(13)20(16)17/h1-8,16-18,20,23H,9-11H2,(H,22,24). The first kappa shape index (κ1) is 15.7. The third-order valence-electron chi connectivity index (χ3n) is 5.37. The molecule has 0 heterocycles. The van der Waals surface area contributed by atoms with Crippen molar-refractivity contribution >= 4 is 17.5 Å². The fourth-order valence-corrected chi connectivity index (χ4v) is 4.17. The molecule has 2 aromatic rings. The van der Waals surface area contributed by atoms with E-state index in [0.29, 0.717) is 34.9 Å². The van der Waals surface area contributed by atoms with Gasteiger partial charge in [-0.2, -0.15) is 0 Å². The molecule has 0 aromatic heterocycles. The molecule has 1 saturated carbocycles. The number of aliphatic hydroxyl groups excluding tert-OH is 1. The SMILES string of the molecule is O=C(CC(O)c1ccc(Cl)cc1)NCC1C2Cc3ccccc3C12. The maximum atomic E-state index is 12.1. The third-order valence-corrected chi connectivity index (χ3v) is 5.62. The summed E-state index contributed by atoms with van der Waals surface area (Å²) in [5.41, 5.74) is 3.64. The molecule has 2 aliphatic carbocycles. The van der Waals surface area contributed by atoms with Crippen LogP contribution in [-0.4, -0.2) is 17.6 Å². The number of hydrogen-bond acceptors (Lipinski definition) is 2. The van der Waals surface area contributed by atoms with Crippen LogP contribution >= 0.6 is 11.6 Å². The molecular formula is C20H20ClNO2. The quantitative estimate of drug-likeness (QED) is 0.875. The molecule has 0 radical (unpaired) electrons. The van der Waals surface area contributed by atoms with E-state index in [2.05, 4.69) is 29.6 Å². The van der Waals surface area contributed by atoms with Crippen LogP contribution in [0, 0.1) is 11.8 Å². The topological polar surface area (TPSA) is 49.3 Å².